The van der Waals surface area contributed by atoms with E-state index in [0.29, 0.717) is 49.1 Å². The van der Waals surface area contributed by atoms with Gasteiger partial charge in [-0.15, -0.1) is 0 Å². The van der Waals surface area contributed by atoms with E-state index in [1.807, 2.05) is 18.0 Å². The van der Waals surface area contributed by atoms with Crippen molar-refractivity contribution in [2.24, 2.45) is 0 Å². The Morgan fingerprint density at radius 1 is 1.12 bits per heavy atom. The normalized spacial score (nSPS) is 25.4. The lowest BCUT2D eigenvalue weighted by molar-refractivity contribution is -0.125. The van der Waals surface area contributed by atoms with Crippen LogP contribution in [0, 0.1) is 17.5 Å². The lowest BCUT2D eigenvalue weighted by Gasteiger charge is -2.31. The summed E-state index contributed by atoms with van der Waals surface area (Å²) in [7, 11) is 1.83. The van der Waals surface area contributed by atoms with Crippen LogP contribution in [0.3, 0.4) is 0 Å². The van der Waals surface area contributed by atoms with Crippen molar-refractivity contribution in [2.75, 3.05) is 51.3 Å². The molecule has 4 aromatic rings. The van der Waals surface area contributed by atoms with Crippen LogP contribution >= 0.6 is 0 Å². The number of pyridine rings is 1. The van der Waals surface area contributed by atoms with E-state index < -0.39 is 29.2 Å². The van der Waals surface area contributed by atoms with Gasteiger partial charge in [0.1, 0.15) is 29.8 Å². The number of carbonyl (C=O) groups excluding carboxylic acids is 1. The molecule has 4 fully saturated rings. The van der Waals surface area contributed by atoms with Crippen LogP contribution in [-0.2, 0) is 4.79 Å². The van der Waals surface area contributed by atoms with Crippen LogP contribution in [0.5, 0.6) is 6.01 Å². The Balaban J connectivity index is 1.17. The number of likely N-dealkylation sites (tertiary alicyclic amines) is 1. The SMILES string of the molecule is CN(c1nc(OC[C@@]23CCCN2C[C@H](F)C3)nc2c(F)c(-c3cccc4ccc(F)c(F)c34)ncc12)[C@@H]1CCN(C(=O)/C=C/[C@H]2CCN2)C1. The molecule has 4 aliphatic heterocycles. The van der Waals surface area contributed by atoms with Crippen molar-refractivity contribution in [3.05, 3.63) is 66.1 Å². The Bertz CT molecular complexity index is 1970. The van der Waals surface area contributed by atoms with Crippen LogP contribution in [0.2, 0.25) is 0 Å². The second kappa shape index (κ2) is 12.5. The van der Waals surface area contributed by atoms with E-state index >= 15 is 8.78 Å². The molecule has 1 amide bonds. The van der Waals surface area contributed by atoms with E-state index in [-0.39, 0.29) is 52.8 Å². The summed E-state index contributed by atoms with van der Waals surface area (Å²) in [6, 6.07) is 7.21. The van der Waals surface area contributed by atoms with Crippen molar-refractivity contribution >= 4 is 33.4 Å². The molecule has 256 valence electrons. The summed E-state index contributed by atoms with van der Waals surface area (Å²) in [6.45, 7) is 3.21. The fraction of sp³-hybridized carbons (Fsp3) is 0.444. The summed E-state index contributed by atoms with van der Waals surface area (Å²) in [5, 5.41) is 3.86. The molecule has 6 heterocycles. The summed E-state index contributed by atoms with van der Waals surface area (Å²) in [6.07, 6.45) is 7.71. The van der Waals surface area contributed by atoms with E-state index in [9.17, 15) is 13.6 Å². The average Bonchev–Trinajstić information content (AvgIpc) is 3.79. The minimum Gasteiger partial charge on any atom is -0.461 e. The molecular formula is C36H37F4N7O2. The molecule has 0 unspecified atom stereocenters. The fourth-order valence-corrected chi connectivity index (χ4v) is 7.91. The van der Waals surface area contributed by atoms with Crippen molar-refractivity contribution < 1.29 is 27.1 Å². The van der Waals surface area contributed by atoms with Crippen molar-refractivity contribution in [1.82, 2.24) is 30.1 Å². The van der Waals surface area contributed by atoms with Crippen LogP contribution in [-0.4, -0.2) is 101 Å². The molecule has 9 nitrogen and oxygen atoms in total. The van der Waals surface area contributed by atoms with E-state index in [0.717, 1.165) is 38.4 Å². The van der Waals surface area contributed by atoms with Crippen LogP contribution in [0.25, 0.3) is 32.9 Å². The number of carbonyl (C=O) groups is 1. The van der Waals surface area contributed by atoms with Crippen LogP contribution in [0.4, 0.5) is 23.4 Å². The Labute approximate surface area is 280 Å². The highest BCUT2D eigenvalue weighted by Gasteiger charge is 2.49. The molecule has 8 rings (SSSR count). The first kappa shape index (κ1) is 31.9. The number of amides is 1. The number of alkyl halides is 1. The zero-order chi connectivity index (χ0) is 33.9. The van der Waals surface area contributed by atoms with Crippen molar-refractivity contribution in [3.8, 4) is 17.3 Å². The Morgan fingerprint density at radius 3 is 2.80 bits per heavy atom. The maximum atomic E-state index is 16.7. The van der Waals surface area contributed by atoms with Gasteiger partial charge in [0.15, 0.2) is 17.5 Å². The molecule has 0 spiro atoms. The Hall–Kier alpha value is -4.36. The molecule has 4 saturated heterocycles. The number of likely N-dealkylation sites (N-methyl/N-ethyl adjacent to an activating group) is 1. The molecule has 0 saturated carbocycles. The zero-order valence-electron chi connectivity index (χ0n) is 27.1. The second-order valence-corrected chi connectivity index (χ2v) is 13.7. The third-order valence-corrected chi connectivity index (χ3v) is 10.8. The van der Waals surface area contributed by atoms with Gasteiger partial charge in [-0.25, -0.2) is 17.6 Å². The fourth-order valence-electron chi connectivity index (χ4n) is 7.91. The first-order valence-electron chi connectivity index (χ1n) is 16.9. The molecule has 0 bridgehead atoms. The van der Waals surface area contributed by atoms with Gasteiger partial charge in [-0.05, 0) is 50.2 Å². The molecule has 4 aliphatic rings. The van der Waals surface area contributed by atoms with Crippen molar-refractivity contribution in [3.63, 3.8) is 0 Å². The lowest BCUT2D eigenvalue weighted by atomic mass is 9.95. The molecule has 4 atom stereocenters. The largest absolute Gasteiger partial charge is 0.461 e. The summed E-state index contributed by atoms with van der Waals surface area (Å²) < 4.78 is 66.9. The number of ether oxygens (including phenoxy) is 1. The highest BCUT2D eigenvalue weighted by atomic mass is 19.2. The third-order valence-electron chi connectivity index (χ3n) is 10.8. The van der Waals surface area contributed by atoms with Gasteiger partial charge < -0.3 is 19.9 Å². The molecule has 49 heavy (non-hydrogen) atoms. The number of halogens is 4. The molecule has 2 aromatic heterocycles. The molecular weight excluding hydrogens is 638 g/mol. The quantitative estimate of drug-likeness (QED) is 0.202. The molecule has 1 N–H and O–H groups in total. The number of hydrogen-bond donors (Lipinski definition) is 1. The summed E-state index contributed by atoms with van der Waals surface area (Å²) in [5.41, 5.74) is -0.683. The topological polar surface area (TPSA) is 86.7 Å². The highest BCUT2D eigenvalue weighted by molar-refractivity contribution is 5.99. The van der Waals surface area contributed by atoms with Gasteiger partial charge >= 0.3 is 6.01 Å². The van der Waals surface area contributed by atoms with Gasteiger partial charge in [0.25, 0.3) is 0 Å². The number of benzene rings is 2. The van der Waals surface area contributed by atoms with Gasteiger partial charge in [-0.2, -0.15) is 9.97 Å². The molecule has 2 aromatic carbocycles. The average molecular weight is 676 g/mol. The summed E-state index contributed by atoms with van der Waals surface area (Å²) >= 11 is 0. The standard InChI is InChI=1S/C36H37F4N7O2/c1-45(24-11-15-46(19-24)28(48)9-7-23-10-13-41-23)34-26-17-42-32(25-5-2-4-21-6-8-27(38)30(39)29(21)25)31(40)33(26)43-35(44-34)49-20-36-12-3-14-47(36)18-22(37)16-36/h2,4-9,17,22-24,41H,3,10-16,18-20H2,1H3/b9-7+/t22-,23+,24-,36+/m1/s1. The van der Waals surface area contributed by atoms with Crippen LogP contribution in [0.15, 0.2) is 48.7 Å². The molecule has 0 radical (unpaired) electrons. The van der Waals surface area contributed by atoms with Crippen molar-refractivity contribution in [1.29, 1.82) is 0 Å². The highest BCUT2D eigenvalue weighted by Crippen LogP contribution is 2.41. The number of nitrogens with zero attached hydrogens (tertiary/aromatic N) is 6. The van der Waals surface area contributed by atoms with E-state index in [2.05, 4.69) is 20.2 Å². The van der Waals surface area contributed by atoms with E-state index in [1.165, 1.54) is 18.3 Å². The maximum absolute atomic E-state index is 16.7. The summed E-state index contributed by atoms with van der Waals surface area (Å²) in [4.78, 5) is 32.4. The molecule has 0 aliphatic carbocycles. The minimum absolute atomic E-state index is 0.0691. The number of hydrogen-bond acceptors (Lipinski definition) is 8. The second-order valence-electron chi connectivity index (χ2n) is 13.7. The smallest absolute Gasteiger partial charge is 0.319 e. The van der Waals surface area contributed by atoms with Crippen LogP contribution in [0.1, 0.15) is 32.1 Å². The van der Waals surface area contributed by atoms with Gasteiger partial charge in [0, 0.05) is 68.4 Å². The van der Waals surface area contributed by atoms with E-state index in [4.69, 9.17) is 9.72 Å². The number of fused-ring (bicyclic) bond motifs is 3. The zero-order valence-corrected chi connectivity index (χ0v) is 27.1. The van der Waals surface area contributed by atoms with Gasteiger partial charge in [-0.3, -0.25) is 14.7 Å². The third kappa shape index (κ3) is 5.66. The predicted molar refractivity (Wildman–Crippen MR) is 178 cm³/mol. The number of aromatic nitrogens is 3. The van der Waals surface area contributed by atoms with Gasteiger partial charge in [-0.1, -0.05) is 30.3 Å². The number of anilines is 1. The molecule has 13 heteroatoms. The number of rotatable bonds is 8. The summed E-state index contributed by atoms with van der Waals surface area (Å²) in [5.74, 6) is -2.69. The Morgan fingerprint density at radius 2 is 1.98 bits per heavy atom. The lowest BCUT2D eigenvalue weighted by Crippen LogP contribution is -2.43. The maximum Gasteiger partial charge on any atom is 0.319 e. The van der Waals surface area contributed by atoms with E-state index in [1.54, 1.807) is 23.1 Å². The monoisotopic (exact) mass is 675 g/mol. The Kier molecular flexibility index (Phi) is 8.14. The van der Waals surface area contributed by atoms with Gasteiger partial charge in [0.05, 0.1) is 10.9 Å². The van der Waals surface area contributed by atoms with Gasteiger partial charge in [0.2, 0.25) is 5.91 Å². The number of nitrogens with one attached hydrogen (secondary N) is 1. The van der Waals surface area contributed by atoms with Crippen molar-refractivity contribution in [2.45, 2.75) is 55.9 Å². The first-order valence-corrected chi connectivity index (χ1v) is 16.9. The first-order chi connectivity index (χ1) is 23.7. The van der Waals surface area contributed by atoms with Crippen LogP contribution < -0.4 is 15.0 Å². The minimum atomic E-state index is -1.09. The predicted octanol–water partition coefficient (Wildman–Crippen LogP) is 5.17.